The number of hydrogen-bond acceptors (Lipinski definition) is 0. The van der Waals surface area contributed by atoms with Gasteiger partial charge in [-0.25, -0.2) is 0 Å². The zero-order valence-corrected chi connectivity index (χ0v) is 11.6. The molecule has 0 aliphatic heterocycles. The summed E-state index contributed by atoms with van der Waals surface area (Å²) in [6.07, 6.45) is 0. The summed E-state index contributed by atoms with van der Waals surface area (Å²) in [5.41, 5.74) is 6.45. The molecule has 0 fully saturated rings. The molecule has 96 valence electrons. The van der Waals surface area contributed by atoms with E-state index >= 15 is 0 Å². The Balaban J connectivity index is 2.05. The van der Waals surface area contributed by atoms with Crippen molar-refractivity contribution in [2.24, 2.45) is 0 Å². The van der Waals surface area contributed by atoms with Crippen LogP contribution >= 0.6 is 11.6 Å². The summed E-state index contributed by atoms with van der Waals surface area (Å²) < 4.78 is 0. The lowest BCUT2D eigenvalue weighted by Gasteiger charge is -2.15. The predicted molar refractivity (Wildman–Crippen MR) is 84.3 cm³/mol. The highest BCUT2D eigenvalue weighted by atomic mass is 35.5. The van der Waals surface area contributed by atoms with Gasteiger partial charge in [0, 0.05) is 10.9 Å². The van der Waals surface area contributed by atoms with Crippen LogP contribution < -0.4 is 0 Å². The molecule has 0 saturated carbocycles. The number of rotatable bonds is 1. The van der Waals surface area contributed by atoms with Crippen LogP contribution in [-0.2, 0) is 0 Å². The fraction of sp³-hybridized carbons (Fsp3) is 0.0526. The molecule has 3 aromatic carbocycles. The smallest absolute Gasteiger partial charge is 0.0453 e. The van der Waals surface area contributed by atoms with E-state index in [1.165, 1.54) is 27.8 Å². The Labute approximate surface area is 123 Å². The highest BCUT2D eigenvalue weighted by Gasteiger charge is 2.31. The van der Waals surface area contributed by atoms with Gasteiger partial charge in [0.1, 0.15) is 0 Å². The molecule has 1 unspecified atom stereocenters. The lowest BCUT2D eigenvalue weighted by molar-refractivity contribution is 1.02. The molecule has 0 saturated heterocycles. The Kier molecular flexibility index (Phi) is 2.64. The third-order valence-corrected chi connectivity index (χ3v) is 4.37. The summed E-state index contributed by atoms with van der Waals surface area (Å²) in [5.74, 6) is 0.246. The van der Waals surface area contributed by atoms with Gasteiger partial charge in [0.25, 0.3) is 0 Å². The van der Waals surface area contributed by atoms with E-state index in [9.17, 15) is 0 Å². The first kappa shape index (κ1) is 11.7. The third-order valence-electron chi connectivity index (χ3n) is 4.04. The van der Waals surface area contributed by atoms with Crippen LogP contribution in [0.4, 0.5) is 0 Å². The average molecular weight is 277 g/mol. The summed E-state index contributed by atoms with van der Waals surface area (Å²) in [6.45, 7) is 0. The third kappa shape index (κ3) is 1.62. The van der Waals surface area contributed by atoms with Crippen LogP contribution in [0.3, 0.4) is 0 Å². The molecule has 4 rings (SSSR count). The molecular weight excluding hydrogens is 264 g/mol. The molecule has 3 aromatic rings. The van der Waals surface area contributed by atoms with Gasteiger partial charge in [-0.2, -0.15) is 0 Å². The molecule has 1 heteroatoms. The SMILES string of the molecule is Clc1cccc2c1C(c1ccccc1)c1ccccc1-2. The molecule has 20 heavy (non-hydrogen) atoms. The zero-order valence-electron chi connectivity index (χ0n) is 10.9. The second kappa shape index (κ2) is 4.50. The molecule has 0 aromatic heterocycles. The summed E-state index contributed by atoms with van der Waals surface area (Å²) >= 11 is 6.50. The molecule has 0 heterocycles. The number of halogens is 1. The van der Waals surface area contributed by atoms with Crippen LogP contribution in [0.1, 0.15) is 22.6 Å². The monoisotopic (exact) mass is 276 g/mol. The fourth-order valence-corrected chi connectivity index (χ4v) is 3.49. The first-order valence-corrected chi connectivity index (χ1v) is 7.17. The molecule has 1 atom stereocenters. The second-order valence-corrected chi connectivity index (χ2v) is 5.54. The van der Waals surface area contributed by atoms with Gasteiger partial charge in [-0.1, -0.05) is 78.3 Å². The lowest BCUT2D eigenvalue weighted by atomic mass is 9.89. The minimum atomic E-state index is 0.246. The minimum Gasteiger partial charge on any atom is -0.0840 e. The summed E-state index contributed by atoms with van der Waals surface area (Å²) in [4.78, 5) is 0. The van der Waals surface area contributed by atoms with Crippen LogP contribution in [-0.4, -0.2) is 0 Å². The Hall–Kier alpha value is -2.05. The maximum Gasteiger partial charge on any atom is 0.0453 e. The van der Waals surface area contributed by atoms with Crippen molar-refractivity contribution in [2.45, 2.75) is 5.92 Å². The predicted octanol–water partition coefficient (Wildman–Crippen LogP) is 5.50. The normalized spacial score (nSPS) is 15.8. The quantitative estimate of drug-likeness (QED) is 0.430. The Morgan fingerprint density at radius 3 is 2.20 bits per heavy atom. The molecule has 0 radical (unpaired) electrons. The first-order chi connectivity index (χ1) is 9.86. The van der Waals surface area contributed by atoms with Crippen molar-refractivity contribution in [3.8, 4) is 11.1 Å². The lowest BCUT2D eigenvalue weighted by Crippen LogP contribution is -1.99. The van der Waals surface area contributed by atoms with Gasteiger partial charge in [-0.05, 0) is 33.9 Å². The number of benzene rings is 3. The van der Waals surface area contributed by atoms with Crippen LogP contribution in [0.2, 0.25) is 5.02 Å². The largest absolute Gasteiger partial charge is 0.0840 e. The van der Waals surface area contributed by atoms with Crippen LogP contribution in [0, 0.1) is 0 Å². The van der Waals surface area contributed by atoms with Crippen molar-refractivity contribution < 1.29 is 0 Å². The van der Waals surface area contributed by atoms with Gasteiger partial charge in [0.05, 0.1) is 0 Å². The molecule has 0 spiro atoms. The van der Waals surface area contributed by atoms with Crippen molar-refractivity contribution >= 4 is 11.6 Å². The Morgan fingerprint density at radius 2 is 1.35 bits per heavy atom. The first-order valence-electron chi connectivity index (χ1n) is 6.79. The van der Waals surface area contributed by atoms with E-state index in [0.29, 0.717) is 0 Å². The molecule has 0 amide bonds. The zero-order chi connectivity index (χ0) is 13.5. The van der Waals surface area contributed by atoms with Gasteiger partial charge in [-0.15, -0.1) is 0 Å². The van der Waals surface area contributed by atoms with E-state index in [2.05, 4.69) is 60.7 Å². The Bertz CT molecular complexity index is 775. The minimum absolute atomic E-state index is 0.246. The topological polar surface area (TPSA) is 0 Å². The van der Waals surface area contributed by atoms with E-state index in [-0.39, 0.29) is 5.92 Å². The van der Waals surface area contributed by atoms with Crippen molar-refractivity contribution in [1.82, 2.24) is 0 Å². The van der Waals surface area contributed by atoms with E-state index < -0.39 is 0 Å². The van der Waals surface area contributed by atoms with E-state index in [4.69, 9.17) is 11.6 Å². The standard InChI is InChI=1S/C19H13Cl/c20-17-12-6-11-16-14-9-4-5-10-15(14)18(19(16)17)13-7-2-1-3-8-13/h1-12,18H. The maximum atomic E-state index is 6.50. The molecule has 1 aliphatic rings. The van der Waals surface area contributed by atoms with Gasteiger partial charge in [0.15, 0.2) is 0 Å². The highest BCUT2D eigenvalue weighted by Crippen LogP contribution is 2.50. The van der Waals surface area contributed by atoms with Gasteiger partial charge >= 0.3 is 0 Å². The summed E-state index contributed by atoms with van der Waals surface area (Å²) in [7, 11) is 0. The molecular formula is C19H13Cl. The van der Waals surface area contributed by atoms with Crippen LogP contribution in [0.25, 0.3) is 11.1 Å². The second-order valence-electron chi connectivity index (χ2n) is 5.13. The fourth-order valence-electron chi connectivity index (χ4n) is 3.21. The van der Waals surface area contributed by atoms with Gasteiger partial charge in [-0.3, -0.25) is 0 Å². The average Bonchev–Trinajstić information content (AvgIpc) is 2.84. The van der Waals surface area contributed by atoms with E-state index in [1.54, 1.807) is 0 Å². The van der Waals surface area contributed by atoms with Crippen molar-refractivity contribution in [2.75, 3.05) is 0 Å². The van der Waals surface area contributed by atoms with Crippen molar-refractivity contribution in [3.63, 3.8) is 0 Å². The van der Waals surface area contributed by atoms with Gasteiger partial charge in [0.2, 0.25) is 0 Å². The van der Waals surface area contributed by atoms with E-state index in [1.807, 2.05) is 12.1 Å². The molecule has 0 bridgehead atoms. The number of fused-ring (bicyclic) bond motifs is 3. The van der Waals surface area contributed by atoms with E-state index in [0.717, 1.165) is 5.02 Å². The maximum absolute atomic E-state index is 6.50. The molecule has 0 N–H and O–H groups in total. The summed E-state index contributed by atoms with van der Waals surface area (Å²) in [6, 6.07) is 25.4. The number of hydrogen-bond donors (Lipinski definition) is 0. The van der Waals surface area contributed by atoms with Crippen LogP contribution in [0.5, 0.6) is 0 Å². The summed E-state index contributed by atoms with van der Waals surface area (Å²) in [5, 5.41) is 0.854. The van der Waals surface area contributed by atoms with Crippen LogP contribution in [0.15, 0.2) is 72.8 Å². The van der Waals surface area contributed by atoms with Gasteiger partial charge < -0.3 is 0 Å². The van der Waals surface area contributed by atoms with Crippen molar-refractivity contribution in [3.05, 3.63) is 94.5 Å². The Morgan fingerprint density at radius 1 is 0.650 bits per heavy atom. The highest BCUT2D eigenvalue weighted by molar-refractivity contribution is 6.32. The van der Waals surface area contributed by atoms with Crippen molar-refractivity contribution in [1.29, 1.82) is 0 Å². The molecule has 1 aliphatic carbocycles. The molecule has 0 nitrogen and oxygen atoms in total.